The molecule has 9 heteroatoms. The summed E-state index contributed by atoms with van der Waals surface area (Å²) in [5, 5.41) is 9.83. The van der Waals surface area contributed by atoms with Crippen molar-refractivity contribution in [2.75, 3.05) is 5.32 Å². The van der Waals surface area contributed by atoms with E-state index in [1.54, 1.807) is 58.4 Å². The van der Waals surface area contributed by atoms with Crippen LogP contribution in [0, 0.1) is 5.82 Å². The third kappa shape index (κ3) is 6.37. The molecular formula is C23H26FN5O3. The molecule has 0 fully saturated rings. The number of ether oxygens (including phenoxy) is 1. The number of hydrogen-bond acceptors (Lipinski definition) is 5. The van der Waals surface area contributed by atoms with E-state index in [-0.39, 0.29) is 12.2 Å². The van der Waals surface area contributed by atoms with Gasteiger partial charge in [-0.2, -0.15) is 5.10 Å². The van der Waals surface area contributed by atoms with Crippen LogP contribution in [0.5, 0.6) is 0 Å². The van der Waals surface area contributed by atoms with Crippen molar-refractivity contribution in [1.29, 1.82) is 0 Å². The number of aromatic nitrogens is 3. The molecule has 0 aliphatic heterocycles. The highest BCUT2D eigenvalue weighted by Gasteiger charge is 2.25. The fourth-order valence-corrected chi connectivity index (χ4v) is 2.98. The summed E-state index contributed by atoms with van der Waals surface area (Å²) in [6.07, 6.45) is 2.75. The highest BCUT2D eigenvalue weighted by atomic mass is 19.1. The summed E-state index contributed by atoms with van der Waals surface area (Å²) >= 11 is 0. The first kappa shape index (κ1) is 22.9. The summed E-state index contributed by atoms with van der Waals surface area (Å²) in [5.41, 5.74) is 1.49. The number of carbonyl (C=O) groups is 2. The van der Waals surface area contributed by atoms with Crippen molar-refractivity contribution in [2.24, 2.45) is 7.05 Å². The van der Waals surface area contributed by atoms with Gasteiger partial charge in [-0.3, -0.25) is 14.5 Å². The van der Waals surface area contributed by atoms with Crippen molar-refractivity contribution in [3.8, 4) is 11.3 Å². The molecule has 32 heavy (non-hydrogen) atoms. The lowest BCUT2D eigenvalue weighted by atomic mass is 10.1. The monoisotopic (exact) mass is 439 g/mol. The van der Waals surface area contributed by atoms with Gasteiger partial charge in [0.25, 0.3) is 0 Å². The molecule has 1 aromatic carbocycles. The minimum absolute atomic E-state index is 0.153. The average molecular weight is 439 g/mol. The molecule has 0 radical (unpaired) electrons. The number of nitrogens with zero attached hydrogens (tertiary/aromatic N) is 3. The number of carbonyl (C=O) groups excluding carboxylic acids is 2. The van der Waals surface area contributed by atoms with Crippen molar-refractivity contribution in [1.82, 2.24) is 20.1 Å². The van der Waals surface area contributed by atoms with Gasteiger partial charge in [0.05, 0.1) is 5.69 Å². The van der Waals surface area contributed by atoms with E-state index in [0.717, 1.165) is 5.56 Å². The van der Waals surface area contributed by atoms with Crippen LogP contribution in [-0.4, -0.2) is 38.4 Å². The summed E-state index contributed by atoms with van der Waals surface area (Å²) in [6.45, 7) is 5.20. The van der Waals surface area contributed by atoms with Crippen LogP contribution in [0.3, 0.4) is 0 Å². The molecule has 3 aromatic rings. The third-order valence-corrected chi connectivity index (χ3v) is 4.47. The van der Waals surface area contributed by atoms with Crippen molar-refractivity contribution in [2.45, 2.75) is 38.8 Å². The van der Waals surface area contributed by atoms with Crippen LogP contribution in [0.15, 0.2) is 54.9 Å². The van der Waals surface area contributed by atoms with E-state index in [9.17, 15) is 14.0 Å². The maximum absolute atomic E-state index is 13.3. The van der Waals surface area contributed by atoms with E-state index in [2.05, 4.69) is 20.7 Å². The van der Waals surface area contributed by atoms with Gasteiger partial charge in [-0.1, -0.05) is 12.1 Å². The Morgan fingerprint density at radius 1 is 1.12 bits per heavy atom. The first-order valence-corrected chi connectivity index (χ1v) is 10.1. The normalized spacial score (nSPS) is 12.2. The van der Waals surface area contributed by atoms with E-state index < -0.39 is 23.6 Å². The molecule has 2 heterocycles. The maximum Gasteiger partial charge on any atom is 0.408 e. The summed E-state index contributed by atoms with van der Waals surface area (Å²) in [7, 11) is 1.70. The van der Waals surface area contributed by atoms with Crippen LogP contribution in [0.1, 0.15) is 26.3 Å². The summed E-state index contributed by atoms with van der Waals surface area (Å²) in [6, 6.07) is 10.2. The smallest absolute Gasteiger partial charge is 0.408 e. The molecular weight excluding hydrogens is 413 g/mol. The van der Waals surface area contributed by atoms with Crippen molar-refractivity contribution >= 4 is 17.8 Å². The van der Waals surface area contributed by atoms with Gasteiger partial charge in [0.2, 0.25) is 5.91 Å². The number of amides is 2. The van der Waals surface area contributed by atoms with Crippen LogP contribution in [-0.2, 0) is 23.0 Å². The van der Waals surface area contributed by atoms with E-state index in [0.29, 0.717) is 17.1 Å². The molecule has 2 N–H and O–H groups in total. The molecule has 0 spiro atoms. The number of aryl methyl sites for hydroxylation is 1. The van der Waals surface area contributed by atoms with Crippen LogP contribution < -0.4 is 10.6 Å². The molecule has 0 aliphatic rings. The Balaban J connectivity index is 1.79. The molecule has 8 nitrogen and oxygen atoms in total. The molecule has 0 bridgehead atoms. The molecule has 2 amide bonds. The van der Waals surface area contributed by atoms with Gasteiger partial charge < -0.3 is 15.4 Å². The lowest BCUT2D eigenvalue weighted by molar-refractivity contribution is -0.118. The lowest BCUT2D eigenvalue weighted by Gasteiger charge is -2.23. The number of hydrogen-bond donors (Lipinski definition) is 2. The Hall–Kier alpha value is -3.75. The second-order valence-electron chi connectivity index (χ2n) is 8.29. The Morgan fingerprint density at radius 3 is 2.41 bits per heavy atom. The number of rotatable bonds is 6. The van der Waals surface area contributed by atoms with Gasteiger partial charge in [0.15, 0.2) is 0 Å². The average Bonchev–Trinajstić information content (AvgIpc) is 3.08. The molecule has 1 atom stereocenters. The van der Waals surface area contributed by atoms with Gasteiger partial charge in [0, 0.05) is 37.5 Å². The highest BCUT2D eigenvalue weighted by molar-refractivity contribution is 5.96. The molecule has 0 saturated carbocycles. The number of nitrogens with one attached hydrogen (secondary N) is 2. The SMILES string of the molecule is Cn1nc(-c2ccncc2)cc1NC(=O)[C@H](Cc1ccc(F)cc1)NC(=O)OC(C)(C)C. The Bertz CT molecular complexity index is 1080. The lowest BCUT2D eigenvalue weighted by Crippen LogP contribution is -2.47. The second kappa shape index (κ2) is 9.59. The fraction of sp³-hybridized carbons (Fsp3) is 0.304. The zero-order valence-electron chi connectivity index (χ0n) is 18.4. The van der Waals surface area contributed by atoms with Crippen LogP contribution >= 0.6 is 0 Å². The zero-order chi connectivity index (χ0) is 23.3. The molecule has 0 saturated heterocycles. The topological polar surface area (TPSA) is 98.1 Å². The molecule has 0 aliphatic carbocycles. The van der Waals surface area contributed by atoms with Gasteiger partial charge in [0.1, 0.15) is 23.3 Å². The van der Waals surface area contributed by atoms with Crippen LogP contribution in [0.2, 0.25) is 0 Å². The zero-order valence-corrected chi connectivity index (χ0v) is 18.4. The minimum atomic E-state index is -0.949. The second-order valence-corrected chi connectivity index (χ2v) is 8.29. The van der Waals surface area contributed by atoms with Gasteiger partial charge in [-0.15, -0.1) is 0 Å². The van der Waals surface area contributed by atoms with Crippen molar-refractivity contribution in [3.63, 3.8) is 0 Å². The van der Waals surface area contributed by atoms with Crippen molar-refractivity contribution in [3.05, 3.63) is 66.2 Å². The Labute approximate surface area is 185 Å². The fourth-order valence-electron chi connectivity index (χ4n) is 2.98. The predicted octanol–water partition coefficient (Wildman–Crippen LogP) is 3.70. The van der Waals surface area contributed by atoms with Crippen LogP contribution in [0.4, 0.5) is 15.0 Å². The molecule has 168 valence electrons. The first-order valence-electron chi connectivity index (χ1n) is 10.1. The third-order valence-electron chi connectivity index (χ3n) is 4.47. The first-order chi connectivity index (χ1) is 15.1. The molecule has 3 rings (SSSR count). The molecule has 2 aromatic heterocycles. The van der Waals surface area contributed by atoms with E-state index in [1.807, 2.05) is 12.1 Å². The minimum Gasteiger partial charge on any atom is -0.444 e. The van der Waals surface area contributed by atoms with Crippen LogP contribution in [0.25, 0.3) is 11.3 Å². The Kier molecular flexibility index (Phi) is 6.87. The van der Waals surface area contributed by atoms with E-state index >= 15 is 0 Å². The van der Waals surface area contributed by atoms with Gasteiger partial charge in [-0.05, 0) is 50.6 Å². The number of halogens is 1. The highest BCUT2D eigenvalue weighted by Crippen LogP contribution is 2.21. The Morgan fingerprint density at radius 2 is 1.78 bits per heavy atom. The number of alkyl carbamates (subject to hydrolysis) is 1. The molecule has 0 unspecified atom stereocenters. The number of anilines is 1. The quantitative estimate of drug-likeness (QED) is 0.610. The summed E-state index contributed by atoms with van der Waals surface area (Å²) < 4.78 is 20.1. The van der Waals surface area contributed by atoms with Gasteiger partial charge >= 0.3 is 6.09 Å². The van der Waals surface area contributed by atoms with Crippen molar-refractivity contribution < 1.29 is 18.7 Å². The summed E-state index contributed by atoms with van der Waals surface area (Å²) in [4.78, 5) is 29.4. The predicted molar refractivity (Wildman–Crippen MR) is 118 cm³/mol. The number of pyridine rings is 1. The van der Waals surface area contributed by atoms with E-state index in [1.165, 1.54) is 16.8 Å². The van der Waals surface area contributed by atoms with E-state index in [4.69, 9.17) is 4.74 Å². The number of benzene rings is 1. The standard InChI is InChI=1S/C23H26FN5O3/c1-23(2,3)32-22(31)26-19(13-15-5-7-17(24)8-6-15)21(30)27-20-14-18(28-29(20)4)16-9-11-25-12-10-16/h5-12,14,19H,13H2,1-4H3,(H,26,31)(H,27,30)/t19-/m0/s1. The summed E-state index contributed by atoms with van der Waals surface area (Å²) in [5.74, 6) is -0.380. The van der Waals surface area contributed by atoms with Gasteiger partial charge in [-0.25, -0.2) is 9.18 Å². The maximum atomic E-state index is 13.3. The largest absolute Gasteiger partial charge is 0.444 e.